The summed E-state index contributed by atoms with van der Waals surface area (Å²) in [5, 5.41) is 0. The van der Waals surface area contributed by atoms with E-state index in [9.17, 15) is 14.0 Å². The number of ether oxygens (including phenoxy) is 1. The van der Waals surface area contributed by atoms with Crippen molar-refractivity contribution in [2.75, 3.05) is 6.54 Å². The van der Waals surface area contributed by atoms with Crippen molar-refractivity contribution in [2.45, 2.75) is 58.4 Å². The zero-order chi connectivity index (χ0) is 17.4. The van der Waals surface area contributed by atoms with E-state index in [0.29, 0.717) is 4.34 Å². The molecule has 0 N–H and O–H groups in total. The molecule has 1 aromatic heterocycles. The summed E-state index contributed by atoms with van der Waals surface area (Å²) in [6, 6.07) is 0.969. The van der Waals surface area contributed by atoms with Crippen LogP contribution in [0, 0.1) is 6.92 Å². The van der Waals surface area contributed by atoms with E-state index >= 15 is 0 Å². The highest BCUT2D eigenvalue weighted by atomic mass is 35.5. The van der Waals surface area contributed by atoms with Crippen molar-refractivity contribution in [3.63, 3.8) is 0 Å². The third kappa shape index (κ3) is 4.67. The molecule has 0 saturated carbocycles. The van der Waals surface area contributed by atoms with Gasteiger partial charge in [0.2, 0.25) is 0 Å². The van der Waals surface area contributed by atoms with Crippen LogP contribution in [0.4, 0.5) is 9.18 Å². The fourth-order valence-corrected chi connectivity index (χ4v) is 3.81. The molecule has 0 spiro atoms. The lowest BCUT2D eigenvalue weighted by Crippen LogP contribution is -2.44. The lowest BCUT2D eigenvalue weighted by atomic mass is 10.0. The Morgan fingerprint density at radius 3 is 2.65 bits per heavy atom. The summed E-state index contributed by atoms with van der Waals surface area (Å²) < 4.78 is 19.7. The Hall–Kier alpha value is -1.14. The van der Waals surface area contributed by atoms with E-state index < -0.39 is 23.9 Å². The van der Waals surface area contributed by atoms with Gasteiger partial charge < -0.3 is 4.74 Å². The van der Waals surface area contributed by atoms with Gasteiger partial charge >= 0.3 is 6.09 Å². The highest BCUT2D eigenvalue weighted by molar-refractivity contribution is 7.16. The molecule has 1 aliphatic heterocycles. The summed E-state index contributed by atoms with van der Waals surface area (Å²) in [7, 11) is 0. The van der Waals surface area contributed by atoms with Crippen LogP contribution >= 0.6 is 22.9 Å². The van der Waals surface area contributed by atoms with Gasteiger partial charge in [0, 0.05) is 17.7 Å². The minimum Gasteiger partial charge on any atom is -0.444 e. The molecule has 2 atom stereocenters. The first-order valence-corrected chi connectivity index (χ1v) is 8.67. The van der Waals surface area contributed by atoms with Gasteiger partial charge in [0.05, 0.1) is 16.9 Å². The molecule has 2 rings (SSSR count). The first-order valence-electron chi connectivity index (χ1n) is 7.48. The van der Waals surface area contributed by atoms with Crippen molar-refractivity contribution in [2.24, 2.45) is 0 Å². The summed E-state index contributed by atoms with van der Waals surface area (Å²) in [5.74, 6) is -0.187. The number of hydrogen-bond donors (Lipinski definition) is 0. The molecule has 0 aliphatic carbocycles. The summed E-state index contributed by atoms with van der Waals surface area (Å²) in [6.07, 6.45) is -1.68. The van der Waals surface area contributed by atoms with Gasteiger partial charge in [-0.25, -0.2) is 9.18 Å². The summed E-state index contributed by atoms with van der Waals surface area (Å²) in [6.45, 7) is 7.00. The Morgan fingerprint density at radius 1 is 1.48 bits per heavy atom. The van der Waals surface area contributed by atoms with Crippen LogP contribution in [-0.2, 0) is 16.0 Å². The second-order valence-corrected chi connectivity index (χ2v) is 8.64. The summed E-state index contributed by atoms with van der Waals surface area (Å²) >= 11 is 7.35. The minimum atomic E-state index is -1.20. The number of aryl methyl sites for hydroxylation is 1. The van der Waals surface area contributed by atoms with E-state index in [4.69, 9.17) is 16.3 Å². The zero-order valence-corrected chi connectivity index (χ0v) is 15.3. The minimum absolute atomic E-state index is 0.0228. The highest BCUT2D eigenvalue weighted by Gasteiger charge is 2.41. The normalized spacial score (nSPS) is 21.6. The number of nitrogens with zero attached hydrogens (tertiary/aromatic N) is 1. The van der Waals surface area contributed by atoms with Crippen molar-refractivity contribution in [1.82, 2.24) is 4.90 Å². The number of carbonyl (C=O) groups is 2. The molecule has 0 radical (unpaired) electrons. The van der Waals surface area contributed by atoms with Gasteiger partial charge in [0.15, 0.2) is 5.78 Å². The molecule has 1 fully saturated rings. The molecule has 2 heterocycles. The topological polar surface area (TPSA) is 46.6 Å². The van der Waals surface area contributed by atoms with Gasteiger partial charge in [0.1, 0.15) is 11.8 Å². The quantitative estimate of drug-likeness (QED) is 0.811. The number of alkyl halides is 1. The predicted octanol–water partition coefficient (Wildman–Crippen LogP) is 4.17. The SMILES string of the molecule is Cc1sc(Cl)cc1CC(=O)[C@@H]1C[C@@H](F)CN1C(=O)OC(C)(C)C. The molecule has 128 valence electrons. The number of rotatable bonds is 3. The molecule has 0 bridgehead atoms. The van der Waals surface area contributed by atoms with Crippen LogP contribution in [-0.4, -0.2) is 41.1 Å². The van der Waals surface area contributed by atoms with Crippen LogP contribution in [0.1, 0.15) is 37.6 Å². The van der Waals surface area contributed by atoms with Gasteiger partial charge in [-0.05, 0) is 39.3 Å². The Labute approximate surface area is 144 Å². The molecule has 1 aliphatic rings. The summed E-state index contributed by atoms with van der Waals surface area (Å²) in [4.78, 5) is 26.9. The number of thiophene rings is 1. The third-order valence-corrected chi connectivity index (χ3v) is 4.83. The largest absolute Gasteiger partial charge is 0.444 e. The Bertz CT molecular complexity index is 611. The van der Waals surface area contributed by atoms with Crippen LogP contribution in [0.5, 0.6) is 0 Å². The fraction of sp³-hybridized carbons (Fsp3) is 0.625. The maximum Gasteiger partial charge on any atom is 0.411 e. The smallest absolute Gasteiger partial charge is 0.411 e. The van der Waals surface area contributed by atoms with Crippen molar-refractivity contribution in [3.05, 3.63) is 20.8 Å². The molecule has 0 unspecified atom stereocenters. The molecule has 7 heteroatoms. The second-order valence-electron chi connectivity index (χ2n) is 6.76. The molecule has 1 saturated heterocycles. The Morgan fingerprint density at radius 2 is 2.13 bits per heavy atom. The Kier molecular flexibility index (Phi) is 5.36. The highest BCUT2D eigenvalue weighted by Crippen LogP contribution is 2.29. The number of likely N-dealkylation sites (tertiary alicyclic amines) is 1. The van der Waals surface area contributed by atoms with Crippen LogP contribution in [0.25, 0.3) is 0 Å². The first kappa shape index (κ1) is 18.2. The van der Waals surface area contributed by atoms with Crippen molar-refractivity contribution in [3.8, 4) is 0 Å². The van der Waals surface area contributed by atoms with Crippen LogP contribution in [0.3, 0.4) is 0 Å². The van der Waals surface area contributed by atoms with Gasteiger partial charge in [-0.1, -0.05) is 11.6 Å². The number of carbonyl (C=O) groups excluding carboxylic acids is 2. The predicted molar refractivity (Wildman–Crippen MR) is 89.0 cm³/mol. The molecule has 1 amide bonds. The molecular formula is C16H21ClFNO3S. The first-order chi connectivity index (χ1) is 10.6. The van der Waals surface area contributed by atoms with E-state index in [1.807, 2.05) is 6.92 Å². The van der Waals surface area contributed by atoms with E-state index in [0.717, 1.165) is 10.4 Å². The number of halogens is 2. The maximum atomic E-state index is 13.8. The molecule has 1 aromatic rings. The number of ketones is 1. The van der Waals surface area contributed by atoms with Gasteiger partial charge in [0.25, 0.3) is 0 Å². The zero-order valence-electron chi connectivity index (χ0n) is 13.7. The van der Waals surface area contributed by atoms with Gasteiger partial charge in [-0.15, -0.1) is 11.3 Å². The summed E-state index contributed by atoms with van der Waals surface area (Å²) in [5.41, 5.74) is 0.146. The van der Waals surface area contributed by atoms with E-state index in [1.165, 1.54) is 16.2 Å². The molecular weight excluding hydrogens is 341 g/mol. The van der Waals surface area contributed by atoms with E-state index in [1.54, 1.807) is 26.8 Å². The lowest BCUT2D eigenvalue weighted by Gasteiger charge is -2.27. The lowest BCUT2D eigenvalue weighted by molar-refractivity contribution is -0.122. The second kappa shape index (κ2) is 6.77. The average molecular weight is 362 g/mol. The van der Waals surface area contributed by atoms with Crippen LogP contribution < -0.4 is 0 Å². The number of hydrogen-bond acceptors (Lipinski definition) is 4. The molecule has 23 heavy (non-hydrogen) atoms. The van der Waals surface area contributed by atoms with Gasteiger partial charge in [-0.2, -0.15) is 0 Å². The van der Waals surface area contributed by atoms with E-state index in [2.05, 4.69) is 0 Å². The third-order valence-electron chi connectivity index (χ3n) is 3.60. The van der Waals surface area contributed by atoms with Crippen LogP contribution in [0.2, 0.25) is 4.34 Å². The Balaban J connectivity index is 2.10. The van der Waals surface area contributed by atoms with Gasteiger partial charge in [-0.3, -0.25) is 9.69 Å². The van der Waals surface area contributed by atoms with Crippen LogP contribution in [0.15, 0.2) is 6.07 Å². The van der Waals surface area contributed by atoms with Crippen molar-refractivity contribution in [1.29, 1.82) is 0 Å². The standard InChI is InChI=1S/C16H21ClFNO3S/c1-9-10(6-14(17)23-9)5-13(20)12-7-11(18)8-19(12)15(21)22-16(2,3)4/h6,11-12H,5,7-8H2,1-4H3/t11-,12+/m1/s1. The molecule has 4 nitrogen and oxygen atoms in total. The average Bonchev–Trinajstić information content (AvgIpc) is 2.91. The maximum absolute atomic E-state index is 13.8. The fourth-order valence-electron chi connectivity index (χ4n) is 2.57. The number of Topliss-reactive ketones (excluding diaryl/α,β-unsaturated/α-hetero) is 1. The number of amides is 1. The van der Waals surface area contributed by atoms with Crippen molar-refractivity contribution < 1.29 is 18.7 Å². The monoisotopic (exact) mass is 361 g/mol. The van der Waals surface area contributed by atoms with Crippen molar-refractivity contribution >= 4 is 34.8 Å². The molecule has 0 aromatic carbocycles. The van der Waals surface area contributed by atoms with E-state index in [-0.39, 0.29) is 25.2 Å².